The van der Waals surface area contributed by atoms with Crippen molar-refractivity contribution in [3.8, 4) is 11.5 Å². The molecule has 0 spiro atoms. The summed E-state index contributed by atoms with van der Waals surface area (Å²) in [6, 6.07) is 3.11. The number of pyridine rings is 1. The number of carbonyl (C=O) groups is 5. The first-order chi connectivity index (χ1) is 26.4. The van der Waals surface area contributed by atoms with Gasteiger partial charge >= 0.3 is 11.8 Å². The van der Waals surface area contributed by atoms with Gasteiger partial charge in [0.05, 0.1) is 46.8 Å². The topological polar surface area (TPSA) is 234 Å². The Hall–Kier alpha value is -5.64. The normalized spacial score (nSPS) is 32.1. The molecule has 15 heteroatoms. The highest BCUT2D eigenvalue weighted by Gasteiger charge is 2.52. The summed E-state index contributed by atoms with van der Waals surface area (Å²) in [5.41, 5.74) is 3.76. The van der Waals surface area contributed by atoms with Crippen LogP contribution in [0, 0.1) is 30.6 Å². The van der Waals surface area contributed by atoms with Crippen LogP contribution in [0.15, 0.2) is 72.1 Å². The van der Waals surface area contributed by atoms with Gasteiger partial charge in [0.1, 0.15) is 29.0 Å². The number of Topliss-reactive ketones (excluding diaryl/α,β-unsaturated/α-hetero) is 3. The highest BCUT2D eigenvalue weighted by molar-refractivity contribution is 6.32. The predicted molar refractivity (Wildman–Crippen MR) is 200 cm³/mol. The van der Waals surface area contributed by atoms with E-state index in [2.05, 4.69) is 10.3 Å². The lowest BCUT2D eigenvalue weighted by Crippen LogP contribution is -2.46. The number of nitrogens with zero attached hydrogens (tertiary/aromatic N) is 1. The van der Waals surface area contributed by atoms with Crippen molar-refractivity contribution in [2.75, 3.05) is 7.11 Å². The number of aromatic hydroxyl groups is 1. The van der Waals surface area contributed by atoms with Crippen LogP contribution in [0.5, 0.6) is 11.5 Å². The van der Waals surface area contributed by atoms with E-state index in [0.29, 0.717) is 0 Å². The van der Waals surface area contributed by atoms with Crippen LogP contribution in [0.3, 0.4) is 0 Å². The van der Waals surface area contributed by atoms with Crippen LogP contribution in [0.1, 0.15) is 88.5 Å². The Labute approximate surface area is 323 Å². The molecule has 2 aromatic rings. The lowest BCUT2D eigenvalue weighted by Gasteiger charge is -2.38. The summed E-state index contributed by atoms with van der Waals surface area (Å²) in [5, 5.41) is 36.6. The van der Waals surface area contributed by atoms with E-state index in [-0.39, 0.29) is 28.0 Å². The summed E-state index contributed by atoms with van der Waals surface area (Å²) in [4.78, 5) is 72.3. The summed E-state index contributed by atoms with van der Waals surface area (Å²) < 4.78 is 23.6. The number of rotatable bonds is 3. The van der Waals surface area contributed by atoms with Crippen molar-refractivity contribution in [2.45, 2.75) is 78.7 Å². The SMILES string of the molecule is CO[C@H]1/C=C/O[C@@]2(C)Oc3c(C)c(O)c4c(c3C2=O)C(=O)C(N)=C(NC(=O)/C(C)=C\C=C\[C@H](C)[C@H](O)[C@@H](C)[C@@H](O)[C@@H](C)[C@H](OC(=O)c2cccnc2)[C@@H]1C)C4=O. The molecule has 0 saturated carbocycles. The molecule has 1 amide bonds. The number of phenolic OH excluding ortho intramolecular Hbond substituents is 1. The number of fused-ring (bicyclic) bond motifs is 14. The van der Waals surface area contributed by atoms with E-state index in [1.807, 2.05) is 0 Å². The van der Waals surface area contributed by atoms with Crippen molar-refractivity contribution in [3.63, 3.8) is 0 Å². The van der Waals surface area contributed by atoms with Crippen LogP contribution < -0.4 is 15.8 Å². The first-order valence-corrected chi connectivity index (χ1v) is 18.1. The first kappa shape index (κ1) is 41.5. The maximum Gasteiger partial charge on any atom is 0.339 e. The van der Waals surface area contributed by atoms with E-state index >= 15 is 0 Å². The average Bonchev–Trinajstić information content (AvgIpc) is 3.45. The number of methoxy groups -OCH3 is 1. The second-order valence-corrected chi connectivity index (χ2v) is 14.6. The molecule has 56 heavy (non-hydrogen) atoms. The summed E-state index contributed by atoms with van der Waals surface area (Å²) in [7, 11) is 1.41. The monoisotopic (exact) mass is 773 g/mol. The van der Waals surface area contributed by atoms with Crippen LogP contribution in [0.4, 0.5) is 0 Å². The van der Waals surface area contributed by atoms with Gasteiger partial charge in [0.25, 0.3) is 11.7 Å². The number of phenols is 1. The van der Waals surface area contributed by atoms with Gasteiger partial charge in [0, 0.05) is 61.2 Å². The van der Waals surface area contributed by atoms with Gasteiger partial charge in [-0.05, 0) is 32.1 Å². The molecule has 9 atom stereocenters. The standard InChI is InChI=1S/C41H47N3O12/c1-18-11-9-12-19(2)39(51)44-30-29(42)34(48)26-27(35(30)49)33(47)23(6)37-28(26)38(50)41(7,56-37)54-16-14-25(53-8)20(3)36(22(5)32(46)21(4)31(18)45)55-40(52)24-13-10-15-43-17-24/h9-18,20-22,25,31-32,36,45-47H,42H2,1-8H3,(H,44,51)/b11-9+,16-14+,19-12-/t18-,20+,21+,22+,25-,31-,32+,36+,41-/m0/s1. The Bertz CT molecular complexity index is 2070. The third kappa shape index (κ3) is 7.49. The van der Waals surface area contributed by atoms with E-state index in [4.69, 9.17) is 24.7 Å². The number of amides is 1. The Morgan fingerprint density at radius 3 is 2.30 bits per heavy atom. The minimum Gasteiger partial charge on any atom is -0.507 e. The van der Waals surface area contributed by atoms with E-state index < -0.39 is 111 Å². The van der Waals surface area contributed by atoms with Gasteiger partial charge in [-0.15, -0.1) is 0 Å². The maximum atomic E-state index is 14.1. The van der Waals surface area contributed by atoms with Crippen LogP contribution in [0.25, 0.3) is 0 Å². The van der Waals surface area contributed by atoms with Gasteiger partial charge in [-0.2, -0.15) is 0 Å². The molecule has 0 saturated heterocycles. The number of aliphatic hydroxyl groups excluding tert-OH is 2. The summed E-state index contributed by atoms with van der Waals surface area (Å²) >= 11 is 0. The Morgan fingerprint density at radius 1 is 0.964 bits per heavy atom. The Morgan fingerprint density at radius 2 is 1.66 bits per heavy atom. The minimum absolute atomic E-state index is 0.0396. The van der Waals surface area contributed by atoms with Crippen LogP contribution >= 0.6 is 0 Å². The molecule has 0 radical (unpaired) electrons. The fourth-order valence-electron chi connectivity index (χ4n) is 7.20. The number of aliphatic hydroxyl groups is 2. The zero-order valence-corrected chi connectivity index (χ0v) is 32.4. The number of ketones is 3. The number of ether oxygens (including phenoxy) is 4. The molecule has 3 aliphatic heterocycles. The zero-order valence-electron chi connectivity index (χ0n) is 32.4. The van der Waals surface area contributed by atoms with E-state index in [1.165, 1.54) is 64.6 Å². The quantitative estimate of drug-likeness (QED) is 0.281. The highest BCUT2D eigenvalue weighted by atomic mass is 16.7. The molecule has 0 unspecified atom stereocenters. The van der Waals surface area contributed by atoms with Gasteiger partial charge in [0.2, 0.25) is 11.6 Å². The molecule has 6 rings (SSSR count). The van der Waals surface area contributed by atoms with Crippen molar-refractivity contribution in [1.82, 2.24) is 10.3 Å². The van der Waals surface area contributed by atoms with Crippen LogP contribution in [-0.4, -0.2) is 86.8 Å². The molecule has 0 fully saturated rings. The second kappa shape index (κ2) is 16.2. The third-order valence-corrected chi connectivity index (χ3v) is 10.8. The van der Waals surface area contributed by atoms with E-state index in [1.54, 1.807) is 39.8 Å². The number of hydrogen-bond acceptors (Lipinski definition) is 14. The van der Waals surface area contributed by atoms with Gasteiger partial charge < -0.3 is 45.3 Å². The smallest absolute Gasteiger partial charge is 0.339 e. The number of carbonyl (C=O) groups excluding carboxylic acids is 5. The number of aromatic nitrogens is 1. The van der Waals surface area contributed by atoms with Crippen molar-refractivity contribution in [2.24, 2.45) is 29.4 Å². The molecule has 4 heterocycles. The number of hydrogen-bond donors (Lipinski definition) is 5. The largest absolute Gasteiger partial charge is 0.507 e. The lowest BCUT2D eigenvalue weighted by molar-refractivity contribution is -0.116. The summed E-state index contributed by atoms with van der Waals surface area (Å²) in [6.07, 6.45) is 5.80. The van der Waals surface area contributed by atoms with E-state index in [9.17, 15) is 39.3 Å². The van der Waals surface area contributed by atoms with Crippen molar-refractivity contribution in [1.29, 1.82) is 0 Å². The van der Waals surface area contributed by atoms with Crippen LogP contribution in [-0.2, 0) is 19.0 Å². The summed E-state index contributed by atoms with van der Waals surface area (Å²) in [5.74, 6) is -10.1. The van der Waals surface area contributed by atoms with Crippen molar-refractivity contribution < 1.29 is 58.2 Å². The Balaban J connectivity index is 1.61. The Kier molecular flexibility index (Phi) is 12.0. The first-order valence-electron chi connectivity index (χ1n) is 18.1. The maximum absolute atomic E-state index is 14.1. The minimum atomic E-state index is -2.11. The molecule has 4 aliphatic rings. The molecule has 298 valence electrons. The summed E-state index contributed by atoms with van der Waals surface area (Å²) in [6.45, 7) is 10.9. The van der Waals surface area contributed by atoms with Crippen molar-refractivity contribution >= 4 is 29.2 Å². The molecular formula is C41H47N3O12. The fourth-order valence-corrected chi connectivity index (χ4v) is 7.20. The number of allylic oxidation sites excluding steroid dienone is 4. The number of nitrogens with one attached hydrogen (secondary N) is 1. The van der Waals surface area contributed by atoms with Gasteiger partial charge in [-0.1, -0.05) is 45.9 Å². The zero-order chi connectivity index (χ0) is 41.4. The number of benzene rings is 1. The second-order valence-electron chi connectivity index (χ2n) is 14.6. The lowest BCUT2D eigenvalue weighted by atomic mass is 9.78. The third-order valence-electron chi connectivity index (χ3n) is 10.8. The molecule has 1 aromatic heterocycles. The molecule has 5 bridgehead atoms. The highest BCUT2D eigenvalue weighted by Crippen LogP contribution is 2.48. The fraction of sp³-hybridized carbons (Fsp3) is 0.415. The van der Waals surface area contributed by atoms with E-state index in [0.717, 1.165) is 6.26 Å². The molecular weight excluding hydrogens is 726 g/mol. The molecule has 1 aromatic carbocycles. The molecule has 6 N–H and O–H groups in total. The average molecular weight is 774 g/mol. The number of nitrogens with two attached hydrogens (primary N) is 1. The predicted octanol–water partition coefficient (Wildman–Crippen LogP) is 3.61. The van der Waals surface area contributed by atoms with Gasteiger partial charge in [-0.25, -0.2) is 4.79 Å². The van der Waals surface area contributed by atoms with Gasteiger partial charge in [0.15, 0.2) is 0 Å². The molecule has 1 aliphatic carbocycles. The van der Waals surface area contributed by atoms with Gasteiger partial charge in [-0.3, -0.25) is 24.2 Å². The molecule has 15 nitrogen and oxygen atoms in total. The number of esters is 1. The van der Waals surface area contributed by atoms with Crippen LogP contribution in [0.2, 0.25) is 0 Å². The van der Waals surface area contributed by atoms with Crippen molar-refractivity contribution in [3.05, 3.63) is 99.9 Å².